The van der Waals surface area contributed by atoms with Crippen molar-refractivity contribution in [3.05, 3.63) is 59.7 Å². The van der Waals surface area contributed by atoms with Crippen molar-refractivity contribution in [1.82, 2.24) is 5.32 Å². The lowest BCUT2D eigenvalue weighted by Gasteiger charge is -2.12. The summed E-state index contributed by atoms with van der Waals surface area (Å²) in [5.41, 5.74) is 2.06. The number of aliphatic hydroxyl groups excluding tert-OH is 1. The molecule has 1 aliphatic carbocycles. The van der Waals surface area contributed by atoms with Gasteiger partial charge >= 0.3 is 0 Å². The van der Waals surface area contributed by atoms with Gasteiger partial charge in [-0.25, -0.2) is 0 Å². The van der Waals surface area contributed by atoms with Crippen LogP contribution in [0.15, 0.2) is 48.5 Å². The fourth-order valence-corrected chi connectivity index (χ4v) is 2.08. The van der Waals surface area contributed by atoms with Crippen LogP contribution in [0, 0.1) is 0 Å². The first-order valence-electron chi connectivity index (χ1n) is 7.04. The van der Waals surface area contributed by atoms with Crippen LogP contribution in [0.4, 0.5) is 0 Å². The molecule has 20 heavy (non-hydrogen) atoms. The number of rotatable bonds is 6. The van der Waals surface area contributed by atoms with E-state index in [1.165, 1.54) is 18.4 Å². The minimum Gasteiger partial charge on any atom is -0.457 e. The lowest BCUT2D eigenvalue weighted by Crippen LogP contribution is -2.15. The highest BCUT2D eigenvalue weighted by atomic mass is 16.5. The first kappa shape index (κ1) is 13.2. The lowest BCUT2D eigenvalue weighted by molar-refractivity contribution is 0.281. The number of benzene rings is 2. The van der Waals surface area contributed by atoms with Crippen LogP contribution in [-0.2, 0) is 13.2 Å². The Bertz CT molecular complexity index is 561. The molecule has 0 bridgehead atoms. The number of nitrogens with one attached hydrogen (secondary N) is 1. The van der Waals surface area contributed by atoms with Gasteiger partial charge in [0.25, 0.3) is 0 Å². The van der Waals surface area contributed by atoms with E-state index in [4.69, 9.17) is 9.84 Å². The van der Waals surface area contributed by atoms with Crippen LogP contribution in [-0.4, -0.2) is 11.1 Å². The zero-order chi connectivity index (χ0) is 13.8. The monoisotopic (exact) mass is 269 g/mol. The van der Waals surface area contributed by atoms with Gasteiger partial charge in [-0.1, -0.05) is 30.3 Å². The Kier molecular flexibility index (Phi) is 4.00. The first-order valence-corrected chi connectivity index (χ1v) is 7.04. The van der Waals surface area contributed by atoms with E-state index in [1.807, 2.05) is 42.5 Å². The van der Waals surface area contributed by atoms with Crippen LogP contribution in [0.3, 0.4) is 0 Å². The van der Waals surface area contributed by atoms with Crippen LogP contribution in [0.5, 0.6) is 11.5 Å². The Morgan fingerprint density at radius 3 is 2.50 bits per heavy atom. The van der Waals surface area contributed by atoms with Gasteiger partial charge < -0.3 is 15.2 Å². The molecular weight excluding hydrogens is 250 g/mol. The predicted molar refractivity (Wildman–Crippen MR) is 78.7 cm³/mol. The van der Waals surface area contributed by atoms with Crippen LogP contribution >= 0.6 is 0 Å². The molecule has 1 saturated carbocycles. The summed E-state index contributed by atoms with van der Waals surface area (Å²) in [6.45, 7) is 0.901. The smallest absolute Gasteiger partial charge is 0.131 e. The van der Waals surface area contributed by atoms with Gasteiger partial charge in [0, 0.05) is 18.2 Å². The largest absolute Gasteiger partial charge is 0.457 e. The molecule has 0 spiro atoms. The number of aliphatic hydroxyl groups is 1. The molecule has 0 amide bonds. The van der Waals surface area contributed by atoms with Crippen LogP contribution in [0.1, 0.15) is 24.0 Å². The third kappa shape index (κ3) is 3.38. The van der Waals surface area contributed by atoms with Gasteiger partial charge in [0.1, 0.15) is 11.5 Å². The topological polar surface area (TPSA) is 41.5 Å². The molecule has 3 heteroatoms. The zero-order valence-electron chi connectivity index (χ0n) is 11.4. The summed E-state index contributed by atoms with van der Waals surface area (Å²) in [5.74, 6) is 1.68. The molecule has 1 fully saturated rings. The molecule has 2 aromatic rings. The molecule has 0 heterocycles. The van der Waals surface area contributed by atoms with Crippen LogP contribution < -0.4 is 10.1 Å². The quantitative estimate of drug-likeness (QED) is 0.846. The normalized spacial score (nSPS) is 14.2. The minimum absolute atomic E-state index is 0.0577. The second-order valence-corrected chi connectivity index (χ2v) is 5.17. The SMILES string of the molecule is OCc1ccc(Oc2ccccc2CNC2CC2)cc1. The molecule has 3 nitrogen and oxygen atoms in total. The third-order valence-electron chi connectivity index (χ3n) is 3.46. The second-order valence-electron chi connectivity index (χ2n) is 5.17. The van der Waals surface area contributed by atoms with E-state index in [-0.39, 0.29) is 6.61 Å². The maximum atomic E-state index is 9.04. The van der Waals surface area contributed by atoms with Gasteiger partial charge in [-0.15, -0.1) is 0 Å². The van der Waals surface area contributed by atoms with E-state index >= 15 is 0 Å². The van der Waals surface area contributed by atoms with E-state index in [0.717, 1.165) is 23.6 Å². The average molecular weight is 269 g/mol. The van der Waals surface area contributed by atoms with Gasteiger partial charge in [-0.3, -0.25) is 0 Å². The number of ether oxygens (including phenoxy) is 1. The van der Waals surface area contributed by atoms with Gasteiger partial charge in [0.15, 0.2) is 0 Å². The van der Waals surface area contributed by atoms with Crippen molar-refractivity contribution in [2.45, 2.75) is 32.0 Å². The van der Waals surface area contributed by atoms with E-state index in [2.05, 4.69) is 11.4 Å². The molecular formula is C17H19NO2. The fraction of sp³-hybridized carbons (Fsp3) is 0.294. The van der Waals surface area contributed by atoms with Gasteiger partial charge in [-0.05, 0) is 36.6 Å². The van der Waals surface area contributed by atoms with Crippen LogP contribution in [0.25, 0.3) is 0 Å². The van der Waals surface area contributed by atoms with E-state index < -0.39 is 0 Å². The summed E-state index contributed by atoms with van der Waals surface area (Å²) in [6, 6.07) is 16.3. The van der Waals surface area contributed by atoms with Gasteiger partial charge in [0.05, 0.1) is 6.61 Å². The molecule has 0 unspecified atom stereocenters. The number of hydrogen-bond donors (Lipinski definition) is 2. The summed E-state index contributed by atoms with van der Waals surface area (Å²) >= 11 is 0. The first-order chi connectivity index (χ1) is 9.85. The molecule has 104 valence electrons. The molecule has 0 atom stereocenters. The molecule has 3 rings (SSSR count). The summed E-state index contributed by atoms with van der Waals surface area (Å²) < 4.78 is 5.94. The number of para-hydroxylation sites is 1. The third-order valence-corrected chi connectivity index (χ3v) is 3.46. The van der Waals surface area contributed by atoms with Gasteiger partial charge in [0.2, 0.25) is 0 Å². The fourth-order valence-electron chi connectivity index (χ4n) is 2.08. The molecule has 0 saturated heterocycles. The molecule has 2 aromatic carbocycles. The predicted octanol–water partition coefficient (Wildman–Crippen LogP) is 3.22. The Morgan fingerprint density at radius 1 is 1.05 bits per heavy atom. The molecule has 0 aliphatic heterocycles. The van der Waals surface area contributed by atoms with Crippen molar-refractivity contribution < 1.29 is 9.84 Å². The Balaban J connectivity index is 1.71. The summed E-state index contributed by atoms with van der Waals surface area (Å²) in [4.78, 5) is 0. The Hall–Kier alpha value is -1.84. The zero-order valence-corrected chi connectivity index (χ0v) is 11.4. The van der Waals surface area contributed by atoms with E-state index in [9.17, 15) is 0 Å². The minimum atomic E-state index is 0.0577. The van der Waals surface area contributed by atoms with Crippen molar-refractivity contribution >= 4 is 0 Å². The second kappa shape index (κ2) is 6.07. The molecule has 0 radical (unpaired) electrons. The Labute approximate surface area is 119 Å². The van der Waals surface area contributed by atoms with Crippen molar-refractivity contribution in [3.63, 3.8) is 0 Å². The molecule has 0 aromatic heterocycles. The average Bonchev–Trinajstić information content (AvgIpc) is 3.31. The maximum Gasteiger partial charge on any atom is 0.131 e. The lowest BCUT2D eigenvalue weighted by atomic mass is 10.2. The highest BCUT2D eigenvalue weighted by Gasteiger charge is 2.20. The summed E-state index contributed by atoms with van der Waals surface area (Å²) in [7, 11) is 0. The standard InChI is InChI=1S/C17H19NO2/c19-12-13-5-9-16(10-6-13)20-17-4-2-1-3-14(17)11-18-15-7-8-15/h1-6,9-10,15,18-19H,7-8,11-12H2. The highest BCUT2D eigenvalue weighted by molar-refractivity contribution is 5.38. The van der Waals surface area contributed by atoms with Crippen molar-refractivity contribution in [3.8, 4) is 11.5 Å². The van der Waals surface area contributed by atoms with Crippen molar-refractivity contribution in [1.29, 1.82) is 0 Å². The Morgan fingerprint density at radius 2 is 1.80 bits per heavy atom. The molecule has 1 aliphatic rings. The van der Waals surface area contributed by atoms with E-state index in [1.54, 1.807) is 0 Å². The number of hydrogen-bond acceptors (Lipinski definition) is 3. The van der Waals surface area contributed by atoms with Crippen molar-refractivity contribution in [2.75, 3.05) is 0 Å². The summed E-state index contributed by atoms with van der Waals surface area (Å²) in [5, 5.41) is 12.5. The highest BCUT2D eigenvalue weighted by Crippen LogP contribution is 2.27. The maximum absolute atomic E-state index is 9.04. The van der Waals surface area contributed by atoms with Gasteiger partial charge in [-0.2, -0.15) is 0 Å². The van der Waals surface area contributed by atoms with Crippen molar-refractivity contribution in [2.24, 2.45) is 0 Å². The van der Waals surface area contributed by atoms with E-state index in [0.29, 0.717) is 6.04 Å². The summed E-state index contributed by atoms with van der Waals surface area (Å²) in [6.07, 6.45) is 2.57. The van der Waals surface area contributed by atoms with Crippen LogP contribution in [0.2, 0.25) is 0 Å². The molecule has 2 N–H and O–H groups in total.